The Morgan fingerprint density at radius 1 is 1.22 bits per heavy atom. The van der Waals surface area contributed by atoms with Gasteiger partial charge in [0.05, 0.1) is 7.11 Å². The van der Waals surface area contributed by atoms with Crippen molar-refractivity contribution in [2.24, 2.45) is 0 Å². The molecule has 0 heterocycles. The zero-order valence-electron chi connectivity index (χ0n) is 14.3. The van der Waals surface area contributed by atoms with E-state index in [9.17, 15) is 9.90 Å². The molecule has 4 nitrogen and oxygen atoms in total. The molecule has 1 rings (SSSR count). The third kappa shape index (κ3) is 5.86. The van der Waals surface area contributed by atoms with Crippen LogP contribution in [0.15, 0.2) is 24.3 Å². The van der Waals surface area contributed by atoms with E-state index in [2.05, 4.69) is 24.1 Å². The highest BCUT2D eigenvalue weighted by molar-refractivity contribution is 5.87. The first-order valence-electron chi connectivity index (χ1n) is 8.23. The summed E-state index contributed by atoms with van der Waals surface area (Å²) in [5.74, 6) is 5.77. The van der Waals surface area contributed by atoms with E-state index in [1.807, 2.05) is 6.92 Å². The molecule has 1 atom stereocenters. The van der Waals surface area contributed by atoms with Crippen molar-refractivity contribution in [1.82, 2.24) is 0 Å². The second-order valence-electron chi connectivity index (χ2n) is 5.53. The van der Waals surface area contributed by atoms with Crippen molar-refractivity contribution in [1.29, 1.82) is 0 Å². The molecule has 0 aliphatic rings. The van der Waals surface area contributed by atoms with Crippen LogP contribution >= 0.6 is 0 Å². The molecule has 0 spiro atoms. The number of rotatable bonds is 9. The minimum absolute atomic E-state index is 0.385. The first kappa shape index (κ1) is 18.9. The van der Waals surface area contributed by atoms with Gasteiger partial charge in [0.15, 0.2) is 5.54 Å². The van der Waals surface area contributed by atoms with Crippen molar-refractivity contribution in [3.8, 4) is 17.6 Å². The predicted octanol–water partition coefficient (Wildman–Crippen LogP) is 4.31. The summed E-state index contributed by atoms with van der Waals surface area (Å²) in [6.45, 7) is 3.99. The number of benzene rings is 1. The molecular weight excluding hydrogens is 290 g/mol. The summed E-state index contributed by atoms with van der Waals surface area (Å²) in [6.07, 6.45) is 5.66. The van der Waals surface area contributed by atoms with Gasteiger partial charge in [0, 0.05) is 12.1 Å². The number of aliphatic carboxylic acids is 1. The topological polar surface area (TPSA) is 58.6 Å². The molecule has 0 amide bonds. The van der Waals surface area contributed by atoms with E-state index >= 15 is 0 Å². The Morgan fingerprint density at radius 2 is 1.91 bits per heavy atom. The fourth-order valence-corrected chi connectivity index (χ4v) is 2.24. The van der Waals surface area contributed by atoms with E-state index in [-0.39, 0.29) is 0 Å². The van der Waals surface area contributed by atoms with Crippen LogP contribution in [0.25, 0.3) is 0 Å². The highest BCUT2D eigenvalue weighted by Crippen LogP contribution is 2.21. The maximum atomic E-state index is 11.8. The van der Waals surface area contributed by atoms with Crippen molar-refractivity contribution in [2.45, 2.75) is 57.9 Å². The molecule has 1 aromatic rings. The molecule has 1 unspecified atom stereocenters. The van der Waals surface area contributed by atoms with Gasteiger partial charge in [0.2, 0.25) is 0 Å². The zero-order chi connectivity index (χ0) is 17.1. The number of carbonyl (C=O) groups is 1. The van der Waals surface area contributed by atoms with Crippen molar-refractivity contribution in [3.05, 3.63) is 24.3 Å². The number of carboxylic acids is 1. The van der Waals surface area contributed by atoms with E-state index in [4.69, 9.17) is 4.74 Å². The standard InChI is InChI=1S/C19H27NO3/c1-4-6-7-8-9-10-15-19(5-2,18(21)22)20-16-11-13-17(23-3)14-12-16/h11-14,20H,4-9H2,1-3H3,(H,21,22). The summed E-state index contributed by atoms with van der Waals surface area (Å²) in [5, 5.41) is 12.7. The number of hydrogen-bond acceptors (Lipinski definition) is 3. The van der Waals surface area contributed by atoms with Gasteiger partial charge < -0.3 is 15.2 Å². The highest BCUT2D eigenvalue weighted by atomic mass is 16.5. The lowest BCUT2D eigenvalue weighted by Crippen LogP contribution is -2.44. The van der Waals surface area contributed by atoms with E-state index < -0.39 is 11.5 Å². The molecule has 0 saturated heterocycles. The molecule has 23 heavy (non-hydrogen) atoms. The Morgan fingerprint density at radius 3 is 2.43 bits per heavy atom. The monoisotopic (exact) mass is 317 g/mol. The summed E-state index contributed by atoms with van der Waals surface area (Å²) in [5.41, 5.74) is -0.533. The lowest BCUT2D eigenvalue weighted by atomic mass is 9.96. The van der Waals surface area contributed by atoms with Gasteiger partial charge in [0.25, 0.3) is 0 Å². The average molecular weight is 317 g/mol. The number of ether oxygens (including phenoxy) is 1. The SMILES string of the molecule is CCCCCCC#CC(CC)(Nc1ccc(OC)cc1)C(=O)O. The molecular formula is C19H27NO3. The number of unbranched alkanes of at least 4 members (excludes halogenated alkanes) is 4. The van der Waals surface area contributed by atoms with Crippen LogP contribution in [0.2, 0.25) is 0 Å². The van der Waals surface area contributed by atoms with Crippen LogP contribution in [0.1, 0.15) is 52.4 Å². The van der Waals surface area contributed by atoms with Gasteiger partial charge in [-0.2, -0.15) is 0 Å². The van der Waals surface area contributed by atoms with Crippen LogP contribution in [-0.4, -0.2) is 23.7 Å². The first-order chi connectivity index (χ1) is 11.1. The molecule has 1 aromatic carbocycles. The molecule has 0 saturated carbocycles. The summed E-state index contributed by atoms with van der Waals surface area (Å²) in [4.78, 5) is 11.8. The van der Waals surface area contributed by atoms with Crippen molar-refractivity contribution in [3.63, 3.8) is 0 Å². The van der Waals surface area contributed by atoms with Crippen molar-refractivity contribution < 1.29 is 14.6 Å². The van der Waals surface area contributed by atoms with Crippen LogP contribution in [0.4, 0.5) is 5.69 Å². The lowest BCUT2D eigenvalue weighted by molar-refractivity contribution is -0.140. The molecule has 126 valence electrons. The first-order valence-corrected chi connectivity index (χ1v) is 8.23. The Bertz CT molecular complexity index is 542. The van der Waals surface area contributed by atoms with Crippen LogP contribution < -0.4 is 10.1 Å². The van der Waals surface area contributed by atoms with Gasteiger partial charge in [-0.1, -0.05) is 39.0 Å². The second kappa shape index (κ2) is 9.78. The lowest BCUT2D eigenvalue weighted by Gasteiger charge is -2.25. The maximum absolute atomic E-state index is 11.8. The van der Waals surface area contributed by atoms with Crippen LogP contribution in [0.3, 0.4) is 0 Å². The van der Waals surface area contributed by atoms with Crippen LogP contribution in [-0.2, 0) is 4.79 Å². The Labute approximate surface area is 139 Å². The smallest absolute Gasteiger partial charge is 0.342 e. The van der Waals surface area contributed by atoms with Gasteiger partial charge in [-0.15, -0.1) is 5.92 Å². The fourth-order valence-electron chi connectivity index (χ4n) is 2.24. The third-order valence-electron chi connectivity index (χ3n) is 3.80. The predicted molar refractivity (Wildman–Crippen MR) is 93.8 cm³/mol. The normalized spacial score (nSPS) is 12.7. The van der Waals surface area contributed by atoms with Crippen molar-refractivity contribution in [2.75, 3.05) is 12.4 Å². The van der Waals surface area contributed by atoms with Gasteiger partial charge >= 0.3 is 5.97 Å². The number of hydrogen-bond donors (Lipinski definition) is 2. The third-order valence-corrected chi connectivity index (χ3v) is 3.80. The molecule has 4 heteroatoms. The molecule has 2 N–H and O–H groups in total. The highest BCUT2D eigenvalue weighted by Gasteiger charge is 2.34. The summed E-state index contributed by atoms with van der Waals surface area (Å²) in [7, 11) is 1.60. The molecule has 0 aromatic heterocycles. The summed E-state index contributed by atoms with van der Waals surface area (Å²) >= 11 is 0. The number of carboxylic acid groups (broad SMARTS) is 1. The Kier molecular flexibility index (Phi) is 8.04. The Balaban J connectivity index is 2.81. The second-order valence-corrected chi connectivity index (χ2v) is 5.53. The van der Waals surface area contributed by atoms with E-state index in [1.54, 1.807) is 31.4 Å². The van der Waals surface area contributed by atoms with E-state index in [0.29, 0.717) is 6.42 Å². The summed E-state index contributed by atoms with van der Waals surface area (Å²) < 4.78 is 5.11. The zero-order valence-corrected chi connectivity index (χ0v) is 14.3. The van der Waals surface area contributed by atoms with Crippen LogP contribution in [0.5, 0.6) is 5.75 Å². The number of methoxy groups -OCH3 is 1. The molecule has 0 aliphatic heterocycles. The molecule has 0 radical (unpaired) electrons. The van der Waals surface area contributed by atoms with Gasteiger partial charge in [-0.05, 0) is 37.1 Å². The van der Waals surface area contributed by atoms with E-state index in [1.165, 1.54) is 12.8 Å². The number of anilines is 1. The summed E-state index contributed by atoms with van der Waals surface area (Å²) in [6, 6.07) is 7.19. The van der Waals surface area contributed by atoms with Crippen molar-refractivity contribution >= 4 is 11.7 Å². The minimum atomic E-state index is -1.25. The fraction of sp³-hybridized carbons (Fsp3) is 0.526. The van der Waals surface area contributed by atoms with Gasteiger partial charge in [-0.3, -0.25) is 0 Å². The van der Waals surface area contributed by atoms with E-state index in [0.717, 1.165) is 30.7 Å². The largest absolute Gasteiger partial charge is 0.497 e. The minimum Gasteiger partial charge on any atom is -0.497 e. The molecule has 0 bridgehead atoms. The maximum Gasteiger partial charge on any atom is 0.342 e. The molecule has 0 fully saturated rings. The molecule has 0 aliphatic carbocycles. The average Bonchev–Trinajstić information content (AvgIpc) is 2.57. The number of nitrogens with one attached hydrogen (secondary N) is 1. The van der Waals surface area contributed by atoms with Gasteiger partial charge in [0.1, 0.15) is 5.75 Å². The van der Waals surface area contributed by atoms with Crippen LogP contribution in [0, 0.1) is 11.8 Å². The van der Waals surface area contributed by atoms with Gasteiger partial charge in [-0.25, -0.2) is 4.79 Å². The Hall–Kier alpha value is -2.15. The quantitative estimate of drug-likeness (QED) is 0.526.